The summed E-state index contributed by atoms with van der Waals surface area (Å²) in [6, 6.07) is 13.2. The molecule has 1 aliphatic rings. The van der Waals surface area contributed by atoms with Gasteiger partial charge in [-0.2, -0.15) is 4.98 Å². The molecule has 1 fully saturated rings. The smallest absolute Gasteiger partial charge is 0.261 e. The quantitative estimate of drug-likeness (QED) is 0.719. The van der Waals surface area contributed by atoms with E-state index >= 15 is 0 Å². The van der Waals surface area contributed by atoms with Gasteiger partial charge in [0, 0.05) is 24.6 Å². The van der Waals surface area contributed by atoms with Crippen molar-refractivity contribution in [3.63, 3.8) is 0 Å². The molecule has 1 aliphatic heterocycles. The lowest BCUT2D eigenvalue weighted by Gasteiger charge is -2.15. The lowest BCUT2D eigenvalue weighted by molar-refractivity contribution is -0.117. The minimum atomic E-state index is -0.337. The van der Waals surface area contributed by atoms with E-state index in [1.54, 1.807) is 24.1 Å². The Morgan fingerprint density at radius 1 is 1.19 bits per heavy atom. The monoisotopic (exact) mass is 353 g/mol. The molecule has 0 N–H and O–H groups in total. The second-order valence-corrected chi connectivity index (χ2v) is 6.04. The SMILES string of the molecule is COc1ccccc1-c1nc(C2CC(=O)N(c3ccc(F)cc3)C2)no1. The average molecular weight is 353 g/mol. The Hall–Kier alpha value is -3.22. The van der Waals surface area contributed by atoms with Crippen molar-refractivity contribution in [2.45, 2.75) is 12.3 Å². The highest BCUT2D eigenvalue weighted by molar-refractivity contribution is 5.96. The van der Waals surface area contributed by atoms with Crippen molar-refractivity contribution < 1.29 is 18.4 Å². The molecule has 1 unspecified atom stereocenters. The van der Waals surface area contributed by atoms with E-state index in [0.717, 1.165) is 0 Å². The summed E-state index contributed by atoms with van der Waals surface area (Å²) in [4.78, 5) is 18.4. The van der Waals surface area contributed by atoms with E-state index in [4.69, 9.17) is 9.26 Å². The molecule has 1 amide bonds. The van der Waals surface area contributed by atoms with Crippen molar-refractivity contribution in [3.8, 4) is 17.2 Å². The highest BCUT2D eigenvalue weighted by Crippen LogP contribution is 2.33. The van der Waals surface area contributed by atoms with Gasteiger partial charge in [0.2, 0.25) is 5.91 Å². The Labute approximate surface area is 149 Å². The molecule has 2 heterocycles. The van der Waals surface area contributed by atoms with Gasteiger partial charge in [0.05, 0.1) is 12.7 Å². The number of para-hydroxylation sites is 1. The Bertz CT molecular complexity index is 939. The summed E-state index contributed by atoms with van der Waals surface area (Å²) >= 11 is 0. The van der Waals surface area contributed by atoms with Gasteiger partial charge in [-0.15, -0.1) is 0 Å². The van der Waals surface area contributed by atoms with Crippen LogP contribution in [0.25, 0.3) is 11.5 Å². The first kappa shape index (κ1) is 16.3. The van der Waals surface area contributed by atoms with Crippen LogP contribution < -0.4 is 9.64 Å². The van der Waals surface area contributed by atoms with E-state index in [0.29, 0.717) is 35.3 Å². The second-order valence-electron chi connectivity index (χ2n) is 6.04. The zero-order chi connectivity index (χ0) is 18.1. The second kappa shape index (κ2) is 6.59. The first-order valence-corrected chi connectivity index (χ1v) is 8.18. The summed E-state index contributed by atoms with van der Waals surface area (Å²) in [7, 11) is 1.58. The third-order valence-corrected chi connectivity index (χ3v) is 4.41. The molecule has 3 aromatic rings. The minimum Gasteiger partial charge on any atom is -0.496 e. The average Bonchev–Trinajstić information content (AvgIpc) is 3.29. The molecule has 26 heavy (non-hydrogen) atoms. The zero-order valence-corrected chi connectivity index (χ0v) is 14.1. The van der Waals surface area contributed by atoms with Crippen LogP contribution in [0.5, 0.6) is 5.75 Å². The fourth-order valence-electron chi connectivity index (χ4n) is 3.08. The number of carbonyl (C=O) groups is 1. The lowest BCUT2D eigenvalue weighted by atomic mass is 10.1. The van der Waals surface area contributed by atoms with Crippen LogP contribution in [0.1, 0.15) is 18.2 Å². The number of aromatic nitrogens is 2. The third-order valence-electron chi connectivity index (χ3n) is 4.41. The zero-order valence-electron chi connectivity index (χ0n) is 14.1. The van der Waals surface area contributed by atoms with Gasteiger partial charge in [0.25, 0.3) is 5.89 Å². The van der Waals surface area contributed by atoms with E-state index in [-0.39, 0.29) is 24.1 Å². The summed E-state index contributed by atoms with van der Waals surface area (Å²) in [5, 5.41) is 4.05. The van der Waals surface area contributed by atoms with Crippen LogP contribution in [-0.2, 0) is 4.79 Å². The van der Waals surface area contributed by atoms with E-state index in [2.05, 4.69) is 10.1 Å². The number of methoxy groups -OCH3 is 1. The number of ether oxygens (including phenoxy) is 1. The molecule has 1 atom stereocenters. The largest absolute Gasteiger partial charge is 0.496 e. The molecule has 7 heteroatoms. The number of halogens is 1. The summed E-state index contributed by atoms with van der Waals surface area (Å²) in [5.41, 5.74) is 1.36. The van der Waals surface area contributed by atoms with Gasteiger partial charge < -0.3 is 14.2 Å². The van der Waals surface area contributed by atoms with Crippen molar-refractivity contribution in [3.05, 3.63) is 60.2 Å². The van der Waals surface area contributed by atoms with Crippen molar-refractivity contribution in [2.24, 2.45) is 0 Å². The number of anilines is 1. The van der Waals surface area contributed by atoms with Crippen LogP contribution in [0, 0.1) is 5.82 Å². The van der Waals surface area contributed by atoms with Crippen molar-refractivity contribution in [2.75, 3.05) is 18.6 Å². The standard InChI is InChI=1S/C19H16FN3O3/c1-25-16-5-3-2-4-15(16)19-21-18(22-26-19)12-10-17(24)23(11-12)14-8-6-13(20)7-9-14/h2-9,12H,10-11H2,1H3. The number of rotatable bonds is 4. The number of benzene rings is 2. The number of hydrogen-bond donors (Lipinski definition) is 0. The maximum atomic E-state index is 13.1. The van der Waals surface area contributed by atoms with Gasteiger partial charge in [-0.25, -0.2) is 4.39 Å². The molecule has 2 aromatic carbocycles. The molecular formula is C19H16FN3O3. The molecule has 132 valence electrons. The fourth-order valence-corrected chi connectivity index (χ4v) is 3.08. The first-order chi connectivity index (χ1) is 12.7. The number of amides is 1. The highest BCUT2D eigenvalue weighted by Gasteiger charge is 2.34. The molecule has 1 saturated heterocycles. The normalized spacial score (nSPS) is 16.9. The predicted molar refractivity (Wildman–Crippen MR) is 92.4 cm³/mol. The van der Waals surface area contributed by atoms with Crippen molar-refractivity contribution in [1.82, 2.24) is 10.1 Å². The molecule has 0 spiro atoms. The summed E-state index contributed by atoms with van der Waals surface area (Å²) in [6.45, 7) is 0.426. The number of nitrogens with zero attached hydrogens (tertiary/aromatic N) is 3. The molecule has 1 aromatic heterocycles. The molecule has 0 radical (unpaired) electrons. The molecule has 0 saturated carbocycles. The van der Waals surface area contributed by atoms with Gasteiger partial charge in [-0.3, -0.25) is 4.79 Å². The maximum Gasteiger partial charge on any atom is 0.261 e. The van der Waals surface area contributed by atoms with Crippen LogP contribution in [0.3, 0.4) is 0 Å². The summed E-state index contributed by atoms with van der Waals surface area (Å²) in [6.07, 6.45) is 0.280. The Balaban J connectivity index is 1.57. The van der Waals surface area contributed by atoms with Crippen LogP contribution in [0.4, 0.5) is 10.1 Å². The maximum absolute atomic E-state index is 13.1. The Morgan fingerprint density at radius 3 is 2.73 bits per heavy atom. The summed E-state index contributed by atoms with van der Waals surface area (Å²) < 4.78 is 23.8. The van der Waals surface area contributed by atoms with Crippen LogP contribution in [0.15, 0.2) is 53.1 Å². The Morgan fingerprint density at radius 2 is 1.96 bits per heavy atom. The highest BCUT2D eigenvalue weighted by atomic mass is 19.1. The van der Waals surface area contributed by atoms with Crippen molar-refractivity contribution >= 4 is 11.6 Å². The third kappa shape index (κ3) is 2.92. The van der Waals surface area contributed by atoms with Crippen LogP contribution in [-0.4, -0.2) is 29.7 Å². The molecule has 4 rings (SSSR count). The molecule has 6 nitrogen and oxygen atoms in total. The molecule has 0 aliphatic carbocycles. The Kier molecular flexibility index (Phi) is 4.12. The van der Waals surface area contributed by atoms with Gasteiger partial charge >= 0.3 is 0 Å². The molecule has 0 bridgehead atoms. The number of hydrogen-bond acceptors (Lipinski definition) is 5. The fraction of sp³-hybridized carbons (Fsp3) is 0.211. The van der Waals surface area contributed by atoms with E-state index in [9.17, 15) is 9.18 Å². The van der Waals surface area contributed by atoms with E-state index < -0.39 is 0 Å². The van der Waals surface area contributed by atoms with Gasteiger partial charge in [0.15, 0.2) is 5.82 Å². The summed E-state index contributed by atoms with van der Waals surface area (Å²) in [5.74, 6) is 0.897. The topological polar surface area (TPSA) is 68.5 Å². The van der Waals surface area contributed by atoms with Gasteiger partial charge in [-0.05, 0) is 36.4 Å². The van der Waals surface area contributed by atoms with Crippen LogP contribution in [0.2, 0.25) is 0 Å². The lowest BCUT2D eigenvalue weighted by Crippen LogP contribution is -2.24. The molecular weight excluding hydrogens is 337 g/mol. The first-order valence-electron chi connectivity index (χ1n) is 8.18. The van der Waals surface area contributed by atoms with Gasteiger partial charge in [-0.1, -0.05) is 17.3 Å². The van der Waals surface area contributed by atoms with E-state index in [1.165, 1.54) is 12.1 Å². The van der Waals surface area contributed by atoms with Crippen LogP contribution >= 0.6 is 0 Å². The number of carbonyl (C=O) groups excluding carboxylic acids is 1. The predicted octanol–water partition coefficient (Wildman–Crippen LogP) is 3.40. The van der Waals surface area contributed by atoms with Crippen molar-refractivity contribution in [1.29, 1.82) is 0 Å². The van der Waals surface area contributed by atoms with Gasteiger partial charge in [0.1, 0.15) is 11.6 Å². The minimum absolute atomic E-state index is 0.0507. The van der Waals surface area contributed by atoms with E-state index in [1.807, 2.05) is 24.3 Å².